The fourth-order valence-corrected chi connectivity index (χ4v) is 4.33. The van der Waals surface area contributed by atoms with Gasteiger partial charge in [-0.2, -0.15) is 0 Å². The first kappa shape index (κ1) is 27.7. The van der Waals surface area contributed by atoms with Crippen molar-refractivity contribution in [2.45, 2.75) is 39.2 Å². The maximum atomic E-state index is 13.9. The van der Waals surface area contributed by atoms with Gasteiger partial charge < -0.3 is 14.6 Å². The quantitative estimate of drug-likeness (QED) is 0.373. The Hall–Kier alpha value is -4.29. The minimum atomic E-state index is -0.909. The second kappa shape index (κ2) is 11.6. The maximum absolute atomic E-state index is 13.9. The molecule has 9 nitrogen and oxygen atoms in total. The van der Waals surface area contributed by atoms with E-state index in [0.29, 0.717) is 29.2 Å². The number of amides is 3. The molecule has 2 heterocycles. The first-order valence-corrected chi connectivity index (χ1v) is 12.9. The number of ether oxygens (including phenoxy) is 1. The maximum Gasteiger partial charge on any atom is 0.426 e. The number of H-pyrrole nitrogens is 1. The summed E-state index contributed by atoms with van der Waals surface area (Å²) in [6, 6.07) is 13.6. The van der Waals surface area contributed by atoms with E-state index >= 15 is 0 Å². The zero-order valence-corrected chi connectivity index (χ0v) is 22.7. The molecule has 3 aromatic rings. The van der Waals surface area contributed by atoms with E-state index in [0.717, 1.165) is 17.9 Å². The highest BCUT2D eigenvalue weighted by Crippen LogP contribution is 2.20. The van der Waals surface area contributed by atoms with E-state index in [4.69, 9.17) is 16.3 Å². The highest BCUT2D eigenvalue weighted by Gasteiger charge is 2.32. The summed E-state index contributed by atoms with van der Waals surface area (Å²) in [6.45, 7) is 5.78. The van der Waals surface area contributed by atoms with Gasteiger partial charge in [0.1, 0.15) is 23.4 Å². The molecule has 0 radical (unpaired) electrons. The van der Waals surface area contributed by atoms with E-state index in [1.165, 1.54) is 18.2 Å². The van der Waals surface area contributed by atoms with Gasteiger partial charge in [0.25, 0.3) is 11.8 Å². The fourth-order valence-electron chi connectivity index (χ4n) is 4.16. The number of fused-ring (bicyclic) bond motifs is 1. The Labute approximate surface area is 231 Å². The molecule has 4 rings (SSSR count). The van der Waals surface area contributed by atoms with Crippen molar-refractivity contribution >= 4 is 40.4 Å². The molecular formula is C29H29ClN4O5. The highest BCUT2D eigenvalue weighted by molar-refractivity contribution is 6.31. The van der Waals surface area contributed by atoms with E-state index < -0.39 is 34.5 Å². The number of carbonyl (C=O) groups is 3. The van der Waals surface area contributed by atoms with Crippen molar-refractivity contribution in [3.63, 3.8) is 0 Å². The minimum absolute atomic E-state index is 0.173. The molecule has 0 bridgehead atoms. The molecule has 0 spiro atoms. The molecule has 0 unspecified atom stereocenters. The predicted molar refractivity (Wildman–Crippen MR) is 148 cm³/mol. The average Bonchev–Trinajstić information content (AvgIpc) is 3.42. The van der Waals surface area contributed by atoms with Crippen LogP contribution >= 0.6 is 11.6 Å². The van der Waals surface area contributed by atoms with Crippen LogP contribution in [0.4, 0.5) is 4.79 Å². The molecular weight excluding hydrogens is 520 g/mol. The molecule has 0 atom stereocenters. The topological polar surface area (TPSA) is 112 Å². The standard InChI is InChI=1S/C29H29ClN4O5/c1-29(2,3)39-28(38)32-34(17-9-12-19-10-5-4-6-11-19)26(36)23-24(27(37)33-15-7-8-16-33)31-22-18-20(30)13-14-21(22)25(23)35/h4-6,10-11,13-14,18H,7-8,15-17H2,1-3H3,(H,31,35)(H,32,38). The molecule has 2 aromatic carbocycles. The predicted octanol–water partition coefficient (Wildman–Crippen LogP) is 4.35. The van der Waals surface area contributed by atoms with Crippen molar-refractivity contribution in [3.8, 4) is 11.8 Å². The van der Waals surface area contributed by atoms with Gasteiger partial charge in [-0.05, 0) is 63.9 Å². The number of nitrogens with zero attached hydrogens (tertiary/aromatic N) is 2. The molecule has 39 heavy (non-hydrogen) atoms. The number of hydrogen-bond donors (Lipinski definition) is 2. The molecule has 202 valence electrons. The van der Waals surface area contributed by atoms with Crippen LogP contribution in [0.1, 0.15) is 60.0 Å². The molecule has 10 heteroatoms. The van der Waals surface area contributed by atoms with Crippen molar-refractivity contribution in [1.82, 2.24) is 20.3 Å². The molecule has 1 aromatic heterocycles. The monoisotopic (exact) mass is 548 g/mol. The molecule has 0 saturated carbocycles. The lowest BCUT2D eigenvalue weighted by atomic mass is 10.1. The van der Waals surface area contributed by atoms with Crippen molar-refractivity contribution in [3.05, 3.63) is 80.6 Å². The third-order valence-corrected chi connectivity index (χ3v) is 6.13. The van der Waals surface area contributed by atoms with Crippen LogP contribution in [0.25, 0.3) is 10.9 Å². The Balaban J connectivity index is 1.79. The highest BCUT2D eigenvalue weighted by atomic mass is 35.5. The van der Waals surface area contributed by atoms with Gasteiger partial charge in [0.05, 0.1) is 5.52 Å². The van der Waals surface area contributed by atoms with Gasteiger partial charge in [-0.3, -0.25) is 14.4 Å². The van der Waals surface area contributed by atoms with Gasteiger partial charge in [-0.15, -0.1) is 0 Å². The Morgan fingerprint density at radius 1 is 1.10 bits per heavy atom. The van der Waals surface area contributed by atoms with Crippen LogP contribution in [0.15, 0.2) is 53.3 Å². The summed E-state index contributed by atoms with van der Waals surface area (Å²) < 4.78 is 5.32. The third kappa shape index (κ3) is 6.78. The lowest BCUT2D eigenvalue weighted by Crippen LogP contribution is -2.50. The second-order valence-electron chi connectivity index (χ2n) is 10.1. The Bertz CT molecular complexity index is 1530. The first-order chi connectivity index (χ1) is 18.5. The van der Waals surface area contributed by atoms with Crippen LogP contribution in [0.2, 0.25) is 5.02 Å². The zero-order chi connectivity index (χ0) is 28.2. The Kier molecular flexibility index (Phi) is 8.27. The van der Waals surface area contributed by atoms with Crippen LogP contribution in [-0.4, -0.2) is 58.0 Å². The van der Waals surface area contributed by atoms with E-state index in [1.807, 2.05) is 18.2 Å². The summed E-state index contributed by atoms with van der Waals surface area (Å²) in [5.74, 6) is 4.39. The summed E-state index contributed by atoms with van der Waals surface area (Å²) in [4.78, 5) is 58.3. The number of rotatable bonds is 3. The van der Waals surface area contributed by atoms with Gasteiger partial charge >= 0.3 is 6.09 Å². The number of aromatic amines is 1. The van der Waals surface area contributed by atoms with Crippen molar-refractivity contribution in [2.75, 3.05) is 19.6 Å². The van der Waals surface area contributed by atoms with E-state index in [-0.39, 0.29) is 17.6 Å². The summed E-state index contributed by atoms with van der Waals surface area (Å²) >= 11 is 6.13. The lowest BCUT2D eigenvalue weighted by Gasteiger charge is -2.26. The van der Waals surface area contributed by atoms with Gasteiger partial charge in [-0.25, -0.2) is 15.2 Å². The number of benzene rings is 2. The van der Waals surface area contributed by atoms with Crippen LogP contribution in [0.5, 0.6) is 0 Å². The van der Waals surface area contributed by atoms with Gasteiger partial charge in [0.2, 0.25) is 5.43 Å². The molecule has 1 saturated heterocycles. The molecule has 1 fully saturated rings. The second-order valence-corrected chi connectivity index (χ2v) is 10.5. The number of likely N-dealkylation sites (tertiary alicyclic amines) is 1. The van der Waals surface area contributed by atoms with Crippen LogP contribution < -0.4 is 10.9 Å². The molecule has 2 N–H and O–H groups in total. The Morgan fingerprint density at radius 3 is 2.46 bits per heavy atom. The SMILES string of the molecule is CC(C)(C)OC(=O)NN(CC#Cc1ccccc1)C(=O)c1c(C(=O)N2CCCC2)[nH]c2cc(Cl)ccc2c1=O. The number of nitrogens with one attached hydrogen (secondary N) is 2. The normalized spacial score (nSPS) is 13.0. The minimum Gasteiger partial charge on any atom is -0.443 e. The van der Waals surface area contributed by atoms with E-state index in [2.05, 4.69) is 22.3 Å². The molecule has 1 aliphatic heterocycles. The van der Waals surface area contributed by atoms with Gasteiger partial charge in [0.15, 0.2) is 0 Å². The number of pyridine rings is 1. The number of halogens is 1. The van der Waals surface area contributed by atoms with Gasteiger partial charge in [-0.1, -0.05) is 41.6 Å². The van der Waals surface area contributed by atoms with Crippen LogP contribution in [-0.2, 0) is 4.74 Å². The fraction of sp³-hybridized carbons (Fsp3) is 0.310. The van der Waals surface area contributed by atoms with E-state index in [1.54, 1.807) is 37.8 Å². The number of hydrogen-bond acceptors (Lipinski definition) is 5. The summed E-state index contributed by atoms with van der Waals surface area (Å²) in [5.41, 5.74) is 1.34. The van der Waals surface area contributed by atoms with Crippen molar-refractivity contribution in [2.24, 2.45) is 0 Å². The number of carbonyl (C=O) groups excluding carboxylic acids is 3. The van der Waals surface area contributed by atoms with E-state index in [9.17, 15) is 19.2 Å². The molecule has 1 aliphatic rings. The largest absolute Gasteiger partial charge is 0.443 e. The Morgan fingerprint density at radius 2 is 1.79 bits per heavy atom. The summed E-state index contributed by atoms with van der Waals surface area (Å²) in [7, 11) is 0. The lowest BCUT2D eigenvalue weighted by molar-refractivity contribution is 0.0314. The number of hydrazine groups is 1. The average molecular weight is 549 g/mol. The van der Waals surface area contributed by atoms with Crippen LogP contribution in [0.3, 0.4) is 0 Å². The zero-order valence-electron chi connectivity index (χ0n) is 22.0. The molecule has 3 amide bonds. The third-order valence-electron chi connectivity index (χ3n) is 5.90. The van der Waals surface area contributed by atoms with Crippen molar-refractivity contribution < 1.29 is 19.1 Å². The van der Waals surface area contributed by atoms with Crippen LogP contribution in [0, 0.1) is 11.8 Å². The summed E-state index contributed by atoms with van der Waals surface area (Å²) in [6.07, 6.45) is 0.730. The van der Waals surface area contributed by atoms with Crippen molar-refractivity contribution in [1.29, 1.82) is 0 Å². The smallest absolute Gasteiger partial charge is 0.426 e. The number of aromatic nitrogens is 1. The molecule has 0 aliphatic carbocycles. The van der Waals surface area contributed by atoms with Gasteiger partial charge in [0, 0.05) is 29.1 Å². The first-order valence-electron chi connectivity index (χ1n) is 12.5. The summed E-state index contributed by atoms with van der Waals surface area (Å²) in [5, 5.41) is 1.42.